The van der Waals surface area contributed by atoms with Gasteiger partial charge in [-0.05, 0) is 57.0 Å². The number of carbonyl (C=O) groups excluding carboxylic acids is 1. The highest BCUT2D eigenvalue weighted by atomic mass is 32.2. The van der Waals surface area contributed by atoms with E-state index in [9.17, 15) is 13.2 Å². The number of benzene rings is 2. The summed E-state index contributed by atoms with van der Waals surface area (Å²) in [6, 6.07) is 14.9. The molecule has 1 N–H and O–H groups in total. The van der Waals surface area contributed by atoms with E-state index in [2.05, 4.69) is 5.32 Å². The average molecular weight is 419 g/mol. The van der Waals surface area contributed by atoms with Crippen molar-refractivity contribution in [1.82, 2.24) is 5.32 Å². The van der Waals surface area contributed by atoms with Gasteiger partial charge < -0.3 is 10.1 Å². The number of hydrogen-bond donors (Lipinski definition) is 1. The maximum absolute atomic E-state index is 12.2. The largest absolute Gasteiger partial charge is 0.491 e. The average Bonchev–Trinajstić information content (AvgIpc) is 2.63. The Balaban J connectivity index is 1.80. The van der Waals surface area contributed by atoms with E-state index in [1.807, 2.05) is 63.2 Å². The van der Waals surface area contributed by atoms with Crippen LogP contribution in [0.3, 0.4) is 0 Å². The van der Waals surface area contributed by atoms with Gasteiger partial charge in [-0.15, -0.1) is 0 Å². The third-order valence-electron chi connectivity index (χ3n) is 4.38. The lowest BCUT2D eigenvalue weighted by Gasteiger charge is -2.23. The van der Waals surface area contributed by atoms with Gasteiger partial charge in [0.15, 0.2) is 0 Å². The Hall–Kier alpha value is -2.54. The molecule has 0 aliphatic rings. The molecule has 0 heterocycles. The minimum atomic E-state index is -3.42. The fourth-order valence-corrected chi connectivity index (χ4v) is 3.85. The molecule has 6 nitrogen and oxygen atoms in total. The third-order valence-corrected chi connectivity index (χ3v) is 5.58. The molecule has 7 heteroatoms. The molecule has 29 heavy (non-hydrogen) atoms. The second-order valence-corrected chi connectivity index (χ2v) is 9.28. The fraction of sp³-hybridized carbons (Fsp3) is 0.409. The number of nitrogens with zero attached hydrogens (tertiary/aromatic N) is 1. The summed E-state index contributed by atoms with van der Waals surface area (Å²) in [7, 11) is -3.42. The van der Waals surface area contributed by atoms with Crippen molar-refractivity contribution in [2.24, 2.45) is 0 Å². The number of rotatable bonds is 10. The number of amides is 1. The van der Waals surface area contributed by atoms with E-state index < -0.39 is 10.0 Å². The standard InChI is InChI=1S/C22H30N2O4S/c1-17-10-12-21(13-11-17)28-16-19(3)23-22(25)9-6-14-24(29(4,26)27)20-8-5-7-18(2)15-20/h5,7-8,10-13,15,19H,6,9,14,16H2,1-4H3,(H,23,25). The van der Waals surface area contributed by atoms with Crippen LogP contribution in [0.5, 0.6) is 5.75 Å². The van der Waals surface area contributed by atoms with Gasteiger partial charge in [0.05, 0.1) is 18.0 Å². The summed E-state index contributed by atoms with van der Waals surface area (Å²) in [4.78, 5) is 12.2. The molecule has 0 aliphatic heterocycles. The first-order valence-corrected chi connectivity index (χ1v) is 11.5. The van der Waals surface area contributed by atoms with E-state index in [-0.39, 0.29) is 24.9 Å². The zero-order valence-corrected chi connectivity index (χ0v) is 18.3. The first-order chi connectivity index (χ1) is 13.6. The van der Waals surface area contributed by atoms with Crippen molar-refractivity contribution in [3.8, 4) is 5.75 Å². The van der Waals surface area contributed by atoms with Crippen LogP contribution in [0.25, 0.3) is 0 Å². The molecule has 1 amide bonds. The third kappa shape index (κ3) is 7.77. The predicted molar refractivity (Wildman–Crippen MR) is 117 cm³/mol. The molecule has 1 unspecified atom stereocenters. The molecule has 0 saturated heterocycles. The molecule has 1 atom stereocenters. The van der Waals surface area contributed by atoms with Crippen LogP contribution >= 0.6 is 0 Å². The minimum Gasteiger partial charge on any atom is -0.491 e. The molecule has 2 rings (SSSR count). The summed E-state index contributed by atoms with van der Waals surface area (Å²) in [6.45, 7) is 6.42. The van der Waals surface area contributed by atoms with E-state index in [0.717, 1.165) is 16.9 Å². The second-order valence-electron chi connectivity index (χ2n) is 7.37. The summed E-state index contributed by atoms with van der Waals surface area (Å²) in [6.07, 6.45) is 1.85. The van der Waals surface area contributed by atoms with Crippen LogP contribution in [-0.4, -0.2) is 39.8 Å². The number of carbonyl (C=O) groups is 1. The maximum Gasteiger partial charge on any atom is 0.232 e. The summed E-state index contributed by atoms with van der Waals surface area (Å²) < 4.78 is 31.3. The topological polar surface area (TPSA) is 75.7 Å². The second kappa shape index (κ2) is 10.3. The molecule has 2 aromatic rings. The van der Waals surface area contributed by atoms with E-state index in [1.54, 1.807) is 6.07 Å². The number of ether oxygens (including phenoxy) is 1. The summed E-state index contributed by atoms with van der Waals surface area (Å²) in [5.74, 6) is 0.640. The lowest BCUT2D eigenvalue weighted by Crippen LogP contribution is -2.37. The number of nitrogens with one attached hydrogen (secondary N) is 1. The van der Waals surface area contributed by atoms with Crippen LogP contribution in [0, 0.1) is 13.8 Å². The van der Waals surface area contributed by atoms with Gasteiger partial charge in [-0.25, -0.2) is 8.42 Å². The van der Waals surface area contributed by atoms with Gasteiger partial charge in [-0.1, -0.05) is 29.8 Å². The minimum absolute atomic E-state index is 0.123. The van der Waals surface area contributed by atoms with Crippen molar-refractivity contribution in [3.05, 3.63) is 59.7 Å². The Kier molecular flexibility index (Phi) is 8.08. The van der Waals surface area contributed by atoms with Crippen LogP contribution in [0.2, 0.25) is 0 Å². The Morgan fingerprint density at radius 3 is 2.41 bits per heavy atom. The van der Waals surface area contributed by atoms with Crippen LogP contribution in [0.4, 0.5) is 5.69 Å². The van der Waals surface area contributed by atoms with Crippen LogP contribution < -0.4 is 14.4 Å². The van der Waals surface area contributed by atoms with Crippen LogP contribution in [-0.2, 0) is 14.8 Å². The van der Waals surface area contributed by atoms with Crippen molar-refractivity contribution in [1.29, 1.82) is 0 Å². The Morgan fingerprint density at radius 1 is 1.10 bits per heavy atom. The number of anilines is 1. The molecular formula is C22H30N2O4S. The highest BCUT2D eigenvalue weighted by Crippen LogP contribution is 2.19. The predicted octanol–water partition coefficient (Wildman–Crippen LogP) is 3.43. The quantitative estimate of drug-likeness (QED) is 0.641. The lowest BCUT2D eigenvalue weighted by molar-refractivity contribution is -0.121. The number of aryl methyl sites for hydroxylation is 2. The van der Waals surface area contributed by atoms with Crippen molar-refractivity contribution in [2.45, 2.75) is 39.7 Å². The van der Waals surface area contributed by atoms with E-state index in [1.165, 1.54) is 10.6 Å². The molecular weight excluding hydrogens is 388 g/mol. The molecule has 2 aromatic carbocycles. The zero-order valence-electron chi connectivity index (χ0n) is 17.5. The number of hydrogen-bond acceptors (Lipinski definition) is 4. The molecule has 0 fully saturated rings. The Morgan fingerprint density at radius 2 is 1.79 bits per heavy atom. The van der Waals surface area contributed by atoms with E-state index in [4.69, 9.17) is 4.74 Å². The molecule has 0 aliphatic carbocycles. The fourth-order valence-electron chi connectivity index (χ4n) is 2.90. The van der Waals surface area contributed by atoms with Crippen LogP contribution in [0.15, 0.2) is 48.5 Å². The van der Waals surface area contributed by atoms with Crippen molar-refractivity contribution < 1.29 is 17.9 Å². The first-order valence-electron chi connectivity index (χ1n) is 9.68. The normalized spacial score (nSPS) is 12.3. The summed E-state index contributed by atoms with van der Waals surface area (Å²) >= 11 is 0. The molecule has 0 bridgehead atoms. The zero-order chi connectivity index (χ0) is 21.4. The van der Waals surface area contributed by atoms with Crippen molar-refractivity contribution in [3.63, 3.8) is 0 Å². The van der Waals surface area contributed by atoms with Crippen LogP contribution in [0.1, 0.15) is 30.9 Å². The highest BCUT2D eigenvalue weighted by Gasteiger charge is 2.18. The Labute approximate surface area is 173 Å². The van der Waals surface area contributed by atoms with Gasteiger partial charge in [0, 0.05) is 13.0 Å². The van der Waals surface area contributed by atoms with Gasteiger partial charge >= 0.3 is 0 Å². The molecule has 0 radical (unpaired) electrons. The first kappa shape index (κ1) is 22.7. The monoisotopic (exact) mass is 418 g/mol. The summed E-state index contributed by atoms with van der Waals surface area (Å²) in [5, 5.41) is 2.89. The smallest absolute Gasteiger partial charge is 0.232 e. The summed E-state index contributed by atoms with van der Waals surface area (Å²) in [5.41, 5.74) is 2.76. The SMILES string of the molecule is Cc1ccc(OCC(C)NC(=O)CCCN(c2cccc(C)c2)S(C)(=O)=O)cc1. The van der Waals surface area contributed by atoms with Gasteiger partial charge in [-0.2, -0.15) is 0 Å². The van der Waals surface area contributed by atoms with Crippen molar-refractivity contribution in [2.75, 3.05) is 23.7 Å². The molecule has 0 spiro atoms. The lowest BCUT2D eigenvalue weighted by atomic mass is 10.2. The van der Waals surface area contributed by atoms with E-state index >= 15 is 0 Å². The molecule has 158 valence electrons. The van der Waals surface area contributed by atoms with Gasteiger partial charge in [0.1, 0.15) is 12.4 Å². The van der Waals surface area contributed by atoms with Gasteiger partial charge in [0.25, 0.3) is 0 Å². The Bertz CT molecular complexity index is 911. The molecule has 0 aromatic heterocycles. The van der Waals surface area contributed by atoms with Gasteiger partial charge in [-0.3, -0.25) is 9.10 Å². The van der Waals surface area contributed by atoms with E-state index in [0.29, 0.717) is 18.7 Å². The number of sulfonamides is 1. The molecule has 0 saturated carbocycles. The maximum atomic E-state index is 12.2. The van der Waals surface area contributed by atoms with Gasteiger partial charge in [0.2, 0.25) is 15.9 Å². The highest BCUT2D eigenvalue weighted by molar-refractivity contribution is 7.92. The van der Waals surface area contributed by atoms with Crippen molar-refractivity contribution >= 4 is 21.6 Å².